The van der Waals surface area contributed by atoms with Crippen LogP contribution in [0.3, 0.4) is 0 Å². The number of benzene rings is 2. The van der Waals surface area contributed by atoms with Crippen molar-refractivity contribution in [3.8, 4) is 11.3 Å². The van der Waals surface area contributed by atoms with Gasteiger partial charge in [-0.3, -0.25) is 4.68 Å². The molecule has 0 bridgehead atoms. The van der Waals surface area contributed by atoms with Gasteiger partial charge in [0.15, 0.2) is 0 Å². The zero-order valence-corrected chi connectivity index (χ0v) is 23.4. The van der Waals surface area contributed by atoms with Gasteiger partial charge in [0, 0.05) is 87.0 Å². The number of aryl methyl sites for hydroxylation is 1. The molecule has 9 nitrogen and oxygen atoms in total. The molecule has 6 rings (SSSR count). The predicted molar refractivity (Wildman–Crippen MR) is 157 cm³/mol. The molecule has 4 aromatic rings. The number of nitrogens with one attached hydrogen (secondary N) is 1. The van der Waals surface area contributed by atoms with Crippen molar-refractivity contribution < 1.29 is 4.74 Å². The molecular weight excluding hydrogens is 512 g/mol. The van der Waals surface area contributed by atoms with Crippen LogP contribution in [0.5, 0.6) is 0 Å². The van der Waals surface area contributed by atoms with E-state index >= 15 is 0 Å². The average molecular weight is 547 g/mol. The number of fused-ring (bicyclic) bond motifs is 1. The molecule has 2 aliphatic heterocycles. The van der Waals surface area contributed by atoms with Crippen LogP contribution >= 0.6 is 11.6 Å². The monoisotopic (exact) mass is 546 g/mol. The highest BCUT2D eigenvalue weighted by Crippen LogP contribution is 2.29. The van der Waals surface area contributed by atoms with Crippen molar-refractivity contribution in [2.45, 2.75) is 6.42 Å². The van der Waals surface area contributed by atoms with E-state index in [1.165, 1.54) is 5.39 Å². The van der Waals surface area contributed by atoms with Gasteiger partial charge in [0.25, 0.3) is 0 Å². The number of hydrogen-bond acceptors (Lipinski definition) is 8. The van der Waals surface area contributed by atoms with Crippen molar-refractivity contribution in [2.24, 2.45) is 7.05 Å². The van der Waals surface area contributed by atoms with Gasteiger partial charge >= 0.3 is 0 Å². The van der Waals surface area contributed by atoms with Crippen LogP contribution in [0.2, 0.25) is 5.02 Å². The van der Waals surface area contributed by atoms with Crippen LogP contribution in [0.25, 0.3) is 22.2 Å². The maximum atomic E-state index is 6.09. The third-order valence-electron chi connectivity index (χ3n) is 7.61. The molecule has 2 fully saturated rings. The van der Waals surface area contributed by atoms with E-state index in [-0.39, 0.29) is 0 Å². The quantitative estimate of drug-likeness (QED) is 0.372. The van der Waals surface area contributed by atoms with Crippen molar-refractivity contribution in [1.29, 1.82) is 0 Å². The Hall–Kier alpha value is -3.24. The molecule has 10 heteroatoms. The highest BCUT2D eigenvalue weighted by atomic mass is 35.5. The van der Waals surface area contributed by atoms with E-state index in [4.69, 9.17) is 31.4 Å². The first-order valence-electron chi connectivity index (χ1n) is 13.6. The summed E-state index contributed by atoms with van der Waals surface area (Å²) in [7, 11) is 4.22. The molecule has 0 amide bonds. The molecule has 2 saturated heterocycles. The van der Waals surface area contributed by atoms with E-state index in [0.717, 1.165) is 86.2 Å². The Bertz CT molecular complexity index is 1430. The lowest BCUT2D eigenvalue weighted by Gasteiger charge is -2.32. The molecule has 0 radical (unpaired) electrons. The summed E-state index contributed by atoms with van der Waals surface area (Å²) >= 11 is 6.09. The Morgan fingerprint density at radius 2 is 1.67 bits per heavy atom. The standard InChI is InChI=1S/C29H35ClN8O/c1-35-11-13-37(14-12-35)10-9-25-24-8-3-21(19-27(24)36(2)34-25)26-20-28(31-23-6-4-22(30)5-7-23)33-29(32-26)38-15-17-39-18-16-38/h3-8,19-20H,9-18H2,1-2H3,(H,31,32,33). The maximum absolute atomic E-state index is 6.09. The second kappa shape index (κ2) is 11.5. The fraction of sp³-hybridized carbons (Fsp3) is 0.414. The lowest BCUT2D eigenvalue weighted by atomic mass is 10.1. The Morgan fingerprint density at radius 3 is 2.44 bits per heavy atom. The molecule has 1 N–H and O–H groups in total. The van der Waals surface area contributed by atoms with Gasteiger partial charge in [0.2, 0.25) is 5.95 Å². The van der Waals surface area contributed by atoms with Crippen LogP contribution in [-0.2, 0) is 18.2 Å². The third kappa shape index (κ3) is 6.01. The summed E-state index contributed by atoms with van der Waals surface area (Å²) in [5, 5.41) is 10.2. The highest BCUT2D eigenvalue weighted by molar-refractivity contribution is 6.30. The molecular formula is C29H35ClN8O. The number of hydrogen-bond donors (Lipinski definition) is 1. The Morgan fingerprint density at radius 1 is 0.897 bits per heavy atom. The molecule has 39 heavy (non-hydrogen) atoms. The SMILES string of the molecule is CN1CCN(CCc2nn(C)c3cc(-c4cc(Nc5ccc(Cl)cc5)nc(N5CCOCC5)n4)ccc23)CC1. The molecule has 2 aliphatic rings. The second-order valence-corrected chi connectivity index (χ2v) is 10.8. The predicted octanol–water partition coefficient (Wildman–Crippen LogP) is 4.05. The molecule has 2 aromatic heterocycles. The summed E-state index contributed by atoms with van der Waals surface area (Å²) < 4.78 is 7.56. The van der Waals surface area contributed by atoms with E-state index < -0.39 is 0 Å². The van der Waals surface area contributed by atoms with Crippen LogP contribution in [0.1, 0.15) is 5.69 Å². The molecule has 0 atom stereocenters. The van der Waals surface area contributed by atoms with E-state index in [9.17, 15) is 0 Å². The summed E-state index contributed by atoms with van der Waals surface area (Å²) in [6.07, 6.45) is 0.949. The Balaban J connectivity index is 1.29. The van der Waals surface area contributed by atoms with Gasteiger partial charge in [-0.15, -0.1) is 0 Å². The zero-order chi connectivity index (χ0) is 26.8. The van der Waals surface area contributed by atoms with E-state index in [1.54, 1.807) is 0 Å². The zero-order valence-electron chi connectivity index (χ0n) is 22.6. The highest BCUT2D eigenvalue weighted by Gasteiger charge is 2.19. The van der Waals surface area contributed by atoms with Gasteiger partial charge < -0.3 is 24.8 Å². The summed E-state index contributed by atoms with van der Waals surface area (Å²) in [6, 6.07) is 16.2. The first kappa shape index (κ1) is 26.0. The van der Waals surface area contributed by atoms with Crippen LogP contribution in [0.15, 0.2) is 48.5 Å². The van der Waals surface area contributed by atoms with Gasteiger partial charge in [0.1, 0.15) is 5.82 Å². The minimum atomic E-state index is 0.672. The number of ether oxygens (including phenoxy) is 1. The van der Waals surface area contributed by atoms with Gasteiger partial charge in [-0.2, -0.15) is 10.1 Å². The van der Waals surface area contributed by atoms with Gasteiger partial charge in [-0.05, 0) is 37.4 Å². The summed E-state index contributed by atoms with van der Waals surface area (Å²) in [5.74, 6) is 1.44. The summed E-state index contributed by atoms with van der Waals surface area (Å²) in [4.78, 5) is 16.9. The van der Waals surface area contributed by atoms with Gasteiger partial charge in [-0.1, -0.05) is 23.7 Å². The summed E-state index contributed by atoms with van der Waals surface area (Å²) in [5.41, 5.74) is 5.08. The number of piperazine rings is 1. The number of rotatable bonds is 7. The average Bonchev–Trinajstić information content (AvgIpc) is 3.29. The molecule has 204 valence electrons. The first-order valence-corrected chi connectivity index (χ1v) is 14.0. The Labute approximate surface area is 234 Å². The van der Waals surface area contributed by atoms with Crippen molar-refractivity contribution in [3.63, 3.8) is 0 Å². The number of aromatic nitrogens is 4. The van der Waals surface area contributed by atoms with Crippen LogP contribution in [0.4, 0.5) is 17.5 Å². The van der Waals surface area contributed by atoms with Gasteiger partial charge in [-0.25, -0.2) is 4.98 Å². The van der Waals surface area contributed by atoms with E-state index in [0.29, 0.717) is 24.2 Å². The maximum Gasteiger partial charge on any atom is 0.228 e. The van der Waals surface area contributed by atoms with E-state index in [2.05, 4.69) is 45.3 Å². The number of anilines is 3. The lowest BCUT2D eigenvalue weighted by molar-refractivity contribution is 0.122. The van der Waals surface area contributed by atoms with Crippen LogP contribution in [0, 0.1) is 0 Å². The van der Waals surface area contributed by atoms with Gasteiger partial charge in [0.05, 0.1) is 30.1 Å². The number of likely N-dealkylation sites (N-methyl/N-ethyl adjacent to an activating group) is 1. The fourth-order valence-corrected chi connectivity index (χ4v) is 5.37. The molecule has 2 aromatic carbocycles. The van der Waals surface area contributed by atoms with E-state index in [1.807, 2.05) is 42.1 Å². The largest absolute Gasteiger partial charge is 0.378 e. The number of nitrogens with zero attached hydrogens (tertiary/aromatic N) is 7. The minimum absolute atomic E-state index is 0.672. The topological polar surface area (TPSA) is 74.6 Å². The number of morpholine rings is 1. The lowest BCUT2D eigenvalue weighted by Crippen LogP contribution is -2.45. The second-order valence-electron chi connectivity index (χ2n) is 10.4. The molecule has 0 spiro atoms. The summed E-state index contributed by atoms with van der Waals surface area (Å²) in [6.45, 7) is 8.42. The smallest absolute Gasteiger partial charge is 0.228 e. The first-order chi connectivity index (χ1) is 19.0. The van der Waals surface area contributed by atoms with Crippen molar-refractivity contribution >= 4 is 40.0 Å². The van der Waals surface area contributed by atoms with Crippen LogP contribution in [-0.4, -0.2) is 95.6 Å². The molecule has 0 saturated carbocycles. The molecule has 0 unspecified atom stereocenters. The minimum Gasteiger partial charge on any atom is -0.378 e. The van der Waals surface area contributed by atoms with Crippen LogP contribution < -0.4 is 10.2 Å². The fourth-order valence-electron chi connectivity index (χ4n) is 5.24. The van der Waals surface area contributed by atoms with Crippen molar-refractivity contribution in [2.75, 3.05) is 76.3 Å². The van der Waals surface area contributed by atoms with Crippen molar-refractivity contribution in [1.82, 2.24) is 29.5 Å². The molecule has 0 aliphatic carbocycles. The Kier molecular flexibility index (Phi) is 7.65. The number of halogens is 1. The third-order valence-corrected chi connectivity index (χ3v) is 7.86. The normalized spacial score (nSPS) is 17.2. The molecule has 4 heterocycles. The van der Waals surface area contributed by atoms with Crippen molar-refractivity contribution in [3.05, 3.63) is 59.2 Å².